The molecule has 0 saturated heterocycles. The third-order valence-electron chi connectivity index (χ3n) is 25.9. The molecule has 0 aliphatic carbocycles. The summed E-state index contributed by atoms with van der Waals surface area (Å²) < 4.78 is 4.65. The van der Waals surface area contributed by atoms with E-state index in [1.807, 2.05) is 73.1 Å². The Balaban J connectivity index is 0.000000137. The van der Waals surface area contributed by atoms with Crippen molar-refractivity contribution < 1.29 is 0 Å². The standard InChI is InChI=1S/2C59H34N4/c60-35-44-24-28-53-57-49(44)25-26-50-48(27-29-54(58(50)57)63(53)47-14-8-3-9-15-47)37-18-16-36(17-19-37)45-30-40-20-22-42-32-46(33-43-23-21-41(31-45)55(40)56(42)43)59-61-51(38-10-4-1-5-11-38)34-52(62-59)39-12-6-2-7-13-39;60-35-42-20-24-54-58-50(42)21-22-51-49(23-25-55(59(51)58)63(54)48-8-2-1-3-9-48)37-14-12-36(13-15-37)43-28-38-16-18-40-30-44(31-41-19-17-39(29-43)56(38)57(40)41)45-32-46(52-10-4-6-26-61-52)34-47(33-45)53-11-5-7-27-62-53/h2*1-34H. The molecule has 0 amide bonds. The molecule has 5 heterocycles. The van der Waals surface area contributed by atoms with Crippen molar-refractivity contribution in [3.8, 4) is 136 Å². The van der Waals surface area contributed by atoms with Crippen molar-refractivity contribution in [2.24, 2.45) is 0 Å². The maximum atomic E-state index is 10.0. The van der Waals surface area contributed by atoms with E-state index in [0.29, 0.717) is 17.0 Å². The second-order valence-electron chi connectivity index (χ2n) is 32.9. The average molecular weight is 1600 g/mol. The molecule has 0 radical (unpaired) electrons. The van der Waals surface area contributed by atoms with Crippen LogP contribution >= 0.6 is 0 Å². The smallest absolute Gasteiger partial charge is 0.160 e. The molecule has 0 bridgehead atoms. The molecule has 0 N–H and O–H groups in total. The van der Waals surface area contributed by atoms with Gasteiger partial charge in [-0.1, -0.05) is 243 Å². The van der Waals surface area contributed by atoms with Crippen molar-refractivity contribution in [3.63, 3.8) is 0 Å². The van der Waals surface area contributed by atoms with Crippen LogP contribution in [0, 0.1) is 22.7 Å². The van der Waals surface area contributed by atoms with E-state index in [4.69, 9.17) is 19.9 Å². The molecule has 0 aliphatic heterocycles. The van der Waals surface area contributed by atoms with Gasteiger partial charge >= 0.3 is 0 Å². The Kier molecular flexibility index (Phi) is 16.3. The fraction of sp³-hybridized carbons (Fsp3) is 0. The zero-order valence-corrected chi connectivity index (χ0v) is 67.8. The van der Waals surface area contributed by atoms with Crippen LogP contribution in [0.25, 0.3) is 253 Å². The minimum Gasteiger partial charge on any atom is -0.309 e. The van der Waals surface area contributed by atoms with Crippen LogP contribution in [0.3, 0.4) is 0 Å². The number of nitriles is 2. The summed E-state index contributed by atoms with van der Waals surface area (Å²) in [6.07, 6.45) is 3.69. The topological polar surface area (TPSA) is 109 Å². The van der Waals surface area contributed by atoms with Crippen molar-refractivity contribution >= 4 is 130 Å². The van der Waals surface area contributed by atoms with Crippen LogP contribution in [-0.4, -0.2) is 29.1 Å². The highest BCUT2D eigenvalue weighted by molar-refractivity contribution is 6.30. The second kappa shape index (κ2) is 28.7. The first-order valence-electron chi connectivity index (χ1n) is 42.5. The van der Waals surface area contributed by atoms with E-state index in [-0.39, 0.29) is 0 Å². The summed E-state index contributed by atoms with van der Waals surface area (Å²) in [5, 5.41) is 43.9. The summed E-state index contributed by atoms with van der Waals surface area (Å²) in [6.45, 7) is 0. The van der Waals surface area contributed by atoms with Crippen molar-refractivity contribution in [2.75, 3.05) is 0 Å². The first kappa shape index (κ1) is 71.6. The van der Waals surface area contributed by atoms with E-state index in [1.165, 1.54) is 120 Å². The lowest BCUT2D eigenvalue weighted by Crippen LogP contribution is -1.96. The highest BCUT2D eigenvalue weighted by Crippen LogP contribution is 2.49. The van der Waals surface area contributed by atoms with Gasteiger partial charge in [-0.25, -0.2) is 9.97 Å². The van der Waals surface area contributed by atoms with Crippen LogP contribution in [0.1, 0.15) is 11.1 Å². The highest BCUT2D eigenvalue weighted by atomic mass is 15.0. The summed E-state index contributed by atoms with van der Waals surface area (Å²) in [5.74, 6) is 0.712. The summed E-state index contributed by atoms with van der Waals surface area (Å²) in [5.41, 5.74) is 28.7. The molecule has 0 spiro atoms. The van der Waals surface area contributed by atoms with Gasteiger partial charge in [0.1, 0.15) is 0 Å². The van der Waals surface area contributed by atoms with Crippen LogP contribution < -0.4 is 0 Å². The van der Waals surface area contributed by atoms with Gasteiger partial charge in [-0.2, -0.15) is 10.5 Å². The number of rotatable bonds is 12. The fourth-order valence-corrected chi connectivity index (χ4v) is 20.2. The van der Waals surface area contributed by atoms with Crippen LogP contribution in [0.2, 0.25) is 0 Å². The van der Waals surface area contributed by atoms with Gasteiger partial charge in [0.2, 0.25) is 0 Å². The van der Waals surface area contributed by atoms with E-state index in [0.717, 1.165) is 128 Å². The average Bonchev–Trinajstić information content (AvgIpc) is 1.55. The molecule has 21 aromatic carbocycles. The van der Waals surface area contributed by atoms with Crippen LogP contribution in [0.5, 0.6) is 0 Å². The van der Waals surface area contributed by atoms with Gasteiger partial charge in [0.25, 0.3) is 0 Å². The van der Waals surface area contributed by atoms with E-state index in [1.54, 1.807) is 0 Å². The summed E-state index contributed by atoms with van der Waals surface area (Å²) >= 11 is 0. The number of nitrogens with zero attached hydrogens (tertiary/aromatic N) is 8. The number of benzene rings is 21. The van der Waals surface area contributed by atoms with Gasteiger partial charge < -0.3 is 9.13 Å². The predicted molar refractivity (Wildman–Crippen MR) is 521 cm³/mol. The van der Waals surface area contributed by atoms with Gasteiger partial charge in [-0.15, -0.1) is 0 Å². The van der Waals surface area contributed by atoms with E-state index in [9.17, 15) is 10.5 Å². The maximum absolute atomic E-state index is 10.0. The SMILES string of the molecule is N#Cc1ccc2c3c1ccc1c(-c4ccc(-c5cc6ccc7cc(-c8cc(-c9ccccn9)cc(-c9ccccn9)c8)cc8ccc(c5)c6c78)cc4)ccc(c13)n2-c1ccccc1.N#Cc1ccc2c3c1ccc1c(-c4ccc(-c5cc6ccc7cc(-c8nc(-c9ccccc9)cc(-c9ccccc9)n8)cc8ccc(c5)c6c78)cc4)ccc(c13)n2-c1ccccc1. The molecule has 26 aromatic rings. The zero-order valence-electron chi connectivity index (χ0n) is 67.8. The number of hydrogen-bond acceptors (Lipinski definition) is 6. The number of aromatic nitrogens is 6. The van der Waals surface area contributed by atoms with Gasteiger partial charge in [0.15, 0.2) is 5.82 Å². The molecule has 26 rings (SSSR count). The Morgan fingerprint density at radius 3 is 0.857 bits per heavy atom. The van der Waals surface area contributed by atoms with Gasteiger partial charge in [0, 0.05) is 83.9 Å². The second-order valence-corrected chi connectivity index (χ2v) is 32.9. The molecule has 0 unspecified atom stereocenters. The molecule has 8 nitrogen and oxygen atoms in total. The van der Waals surface area contributed by atoms with E-state index < -0.39 is 0 Å². The Morgan fingerprint density at radius 2 is 0.500 bits per heavy atom. The Morgan fingerprint density at radius 1 is 0.198 bits per heavy atom. The van der Waals surface area contributed by atoms with E-state index >= 15 is 0 Å². The number of para-hydroxylation sites is 2. The van der Waals surface area contributed by atoms with Crippen LogP contribution in [0.4, 0.5) is 0 Å². The van der Waals surface area contributed by atoms with Crippen molar-refractivity contribution in [2.45, 2.75) is 0 Å². The van der Waals surface area contributed by atoms with E-state index in [2.05, 4.69) is 361 Å². The first-order chi connectivity index (χ1) is 62.3. The third kappa shape index (κ3) is 11.6. The van der Waals surface area contributed by atoms with Crippen molar-refractivity contribution in [1.29, 1.82) is 10.5 Å². The first-order valence-corrected chi connectivity index (χ1v) is 42.5. The summed E-state index contributed by atoms with van der Waals surface area (Å²) in [7, 11) is 0. The van der Waals surface area contributed by atoms with Gasteiger partial charge in [-0.05, 0) is 289 Å². The molecule has 0 atom stereocenters. The Labute approximate surface area is 724 Å². The monoisotopic (exact) mass is 1600 g/mol. The maximum Gasteiger partial charge on any atom is 0.160 e. The molecule has 5 aromatic heterocycles. The molecule has 0 saturated carbocycles. The Bertz CT molecular complexity index is 8150. The lowest BCUT2D eigenvalue weighted by atomic mass is 9.88. The lowest BCUT2D eigenvalue weighted by molar-refractivity contribution is 1.18. The van der Waals surface area contributed by atoms with Gasteiger partial charge in [0.05, 0.1) is 68.1 Å². The van der Waals surface area contributed by atoms with Crippen molar-refractivity contribution in [3.05, 3.63) is 424 Å². The molecule has 8 heteroatoms. The Hall–Kier alpha value is -17.3. The predicted octanol–water partition coefficient (Wildman–Crippen LogP) is 30.5. The summed E-state index contributed by atoms with van der Waals surface area (Å²) in [4.78, 5) is 19.7. The molecule has 0 fully saturated rings. The summed E-state index contributed by atoms with van der Waals surface area (Å²) in [6, 6.07) is 148. The minimum atomic E-state index is 0.696. The van der Waals surface area contributed by atoms with Gasteiger partial charge in [-0.3, -0.25) is 9.97 Å². The molecule has 580 valence electrons. The molecular formula is C118H68N8. The number of pyridine rings is 2. The number of hydrogen-bond donors (Lipinski definition) is 0. The molecular weight excluding hydrogens is 1530 g/mol. The largest absolute Gasteiger partial charge is 0.309 e. The zero-order chi connectivity index (χ0) is 83.2. The molecule has 0 aliphatic rings. The third-order valence-corrected chi connectivity index (χ3v) is 25.9. The molecule has 126 heavy (non-hydrogen) atoms. The van der Waals surface area contributed by atoms with Crippen LogP contribution in [-0.2, 0) is 0 Å². The quantitative estimate of drug-likeness (QED) is 0.113. The lowest BCUT2D eigenvalue weighted by Gasteiger charge is -2.16. The minimum absolute atomic E-state index is 0.696. The van der Waals surface area contributed by atoms with Crippen LogP contribution in [0.15, 0.2) is 413 Å². The normalized spacial score (nSPS) is 11.8. The highest BCUT2D eigenvalue weighted by Gasteiger charge is 2.25. The fourth-order valence-electron chi connectivity index (χ4n) is 20.2. The van der Waals surface area contributed by atoms with Crippen molar-refractivity contribution in [1.82, 2.24) is 29.1 Å².